The second-order valence-electron chi connectivity index (χ2n) is 5.04. The van der Waals surface area contributed by atoms with Gasteiger partial charge >= 0.3 is 0 Å². The molecule has 0 aliphatic rings. The Kier molecular flexibility index (Phi) is 4.77. The van der Waals surface area contributed by atoms with E-state index < -0.39 is 0 Å². The smallest absolute Gasteiger partial charge is 0.0951 e. The van der Waals surface area contributed by atoms with E-state index >= 15 is 0 Å². The van der Waals surface area contributed by atoms with E-state index in [0.717, 1.165) is 11.0 Å². The Hall–Kier alpha value is -1.13. The molecule has 0 saturated carbocycles. The van der Waals surface area contributed by atoms with Crippen molar-refractivity contribution in [2.45, 2.75) is 39.4 Å². The second kappa shape index (κ2) is 6.35. The van der Waals surface area contributed by atoms with Gasteiger partial charge in [0.15, 0.2) is 0 Å². The Morgan fingerprint density at radius 2 is 1.89 bits per heavy atom. The molecule has 0 aliphatic carbocycles. The van der Waals surface area contributed by atoms with Gasteiger partial charge in [-0.15, -0.1) is 0 Å². The number of nitrogens with one attached hydrogen (secondary N) is 1. The van der Waals surface area contributed by atoms with Crippen molar-refractivity contribution in [3.8, 4) is 0 Å². The van der Waals surface area contributed by atoms with Crippen LogP contribution in [0.3, 0.4) is 0 Å². The minimum absolute atomic E-state index is 0.323. The van der Waals surface area contributed by atoms with Crippen LogP contribution in [0.4, 0.5) is 0 Å². The fourth-order valence-corrected chi connectivity index (χ4v) is 2.33. The lowest BCUT2D eigenvalue weighted by molar-refractivity contribution is 0.518. The van der Waals surface area contributed by atoms with Crippen LogP contribution in [-0.4, -0.2) is 9.55 Å². The second-order valence-corrected chi connectivity index (χ2v) is 5.96. The van der Waals surface area contributed by atoms with Crippen LogP contribution in [0, 0.1) is 0 Å². The highest BCUT2D eigenvalue weighted by molar-refractivity contribution is 9.10. The average Bonchev–Trinajstić information content (AvgIpc) is 2.85. The predicted molar refractivity (Wildman–Crippen MR) is 82.0 cm³/mol. The zero-order chi connectivity index (χ0) is 13.8. The molecular weight excluding hydrogens is 302 g/mol. The van der Waals surface area contributed by atoms with Crippen LogP contribution in [0.5, 0.6) is 0 Å². The van der Waals surface area contributed by atoms with Crippen molar-refractivity contribution in [2.75, 3.05) is 0 Å². The van der Waals surface area contributed by atoms with Gasteiger partial charge in [0.1, 0.15) is 0 Å². The molecule has 1 atom stereocenters. The van der Waals surface area contributed by atoms with Crippen LogP contribution in [0.15, 0.2) is 41.3 Å². The van der Waals surface area contributed by atoms with Gasteiger partial charge in [0, 0.05) is 29.3 Å². The molecule has 0 unspecified atom stereocenters. The summed E-state index contributed by atoms with van der Waals surface area (Å²) in [6.07, 6.45) is 3.83. The summed E-state index contributed by atoms with van der Waals surface area (Å²) < 4.78 is 3.31. The van der Waals surface area contributed by atoms with Crippen molar-refractivity contribution in [3.05, 3.63) is 52.5 Å². The van der Waals surface area contributed by atoms with Crippen molar-refractivity contribution in [1.29, 1.82) is 0 Å². The zero-order valence-corrected chi connectivity index (χ0v) is 13.2. The van der Waals surface area contributed by atoms with Crippen molar-refractivity contribution in [1.82, 2.24) is 14.9 Å². The van der Waals surface area contributed by atoms with Crippen molar-refractivity contribution >= 4 is 15.9 Å². The van der Waals surface area contributed by atoms with Gasteiger partial charge < -0.3 is 9.88 Å². The first-order valence-electron chi connectivity index (χ1n) is 6.57. The zero-order valence-electron chi connectivity index (χ0n) is 11.6. The van der Waals surface area contributed by atoms with E-state index in [4.69, 9.17) is 0 Å². The van der Waals surface area contributed by atoms with Gasteiger partial charge in [-0.05, 0) is 38.5 Å². The summed E-state index contributed by atoms with van der Waals surface area (Å²) in [6, 6.07) is 9.20. The molecule has 1 aromatic carbocycles. The molecule has 102 valence electrons. The number of benzene rings is 1. The quantitative estimate of drug-likeness (QED) is 0.899. The summed E-state index contributed by atoms with van der Waals surface area (Å²) in [5.41, 5.74) is 2.51. The van der Waals surface area contributed by atoms with Gasteiger partial charge in [0.05, 0.1) is 12.0 Å². The van der Waals surface area contributed by atoms with E-state index in [1.54, 1.807) is 0 Å². The Bertz CT molecular complexity index is 516. The van der Waals surface area contributed by atoms with Gasteiger partial charge in [0.2, 0.25) is 0 Å². The molecule has 3 nitrogen and oxygen atoms in total. The fourth-order valence-electron chi connectivity index (χ4n) is 2.06. The third-order valence-electron chi connectivity index (χ3n) is 3.26. The molecule has 2 rings (SSSR count). The predicted octanol–water partition coefficient (Wildman–Crippen LogP) is 4.08. The Balaban J connectivity index is 1.98. The standard InChI is InChI=1S/C15H20BrN3/c1-11(2)19-10-17-8-15(19)9-18-12(3)13-4-6-14(16)7-5-13/h4-8,10-12,18H,9H2,1-3H3/t12-/m1/s1. The van der Waals surface area contributed by atoms with Crippen LogP contribution in [0.1, 0.15) is 44.1 Å². The first kappa shape index (κ1) is 14.3. The van der Waals surface area contributed by atoms with Crippen molar-refractivity contribution in [2.24, 2.45) is 0 Å². The van der Waals surface area contributed by atoms with E-state index in [2.05, 4.69) is 75.8 Å². The molecular formula is C15H20BrN3. The molecule has 0 saturated heterocycles. The lowest BCUT2D eigenvalue weighted by atomic mass is 10.1. The lowest BCUT2D eigenvalue weighted by Gasteiger charge is -2.16. The van der Waals surface area contributed by atoms with Gasteiger partial charge in [-0.25, -0.2) is 4.98 Å². The number of hydrogen-bond acceptors (Lipinski definition) is 2. The van der Waals surface area contributed by atoms with E-state index in [0.29, 0.717) is 12.1 Å². The first-order valence-corrected chi connectivity index (χ1v) is 7.36. The minimum Gasteiger partial charge on any atom is -0.331 e. The van der Waals surface area contributed by atoms with Gasteiger partial charge in [-0.2, -0.15) is 0 Å². The topological polar surface area (TPSA) is 29.9 Å². The summed E-state index contributed by atoms with van der Waals surface area (Å²) in [4.78, 5) is 4.22. The number of imidazole rings is 1. The molecule has 0 radical (unpaired) electrons. The average molecular weight is 322 g/mol. The number of aromatic nitrogens is 2. The number of rotatable bonds is 5. The highest BCUT2D eigenvalue weighted by atomic mass is 79.9. The summed E-state index contributed by atoms with van der Waals surface area (Å²) in [7, 11) is 0. The molecule has 4 heteroatoms. The van der Waals surface area contributed by atoms with E-state index in [9.17, 15) is 0 Å². The number of halogens is 1. The maximum absolute atomic E-state index is 4.22. The Morgan fingerprint density at radius 3 is 2.53 bits per heavy atom. The highest BCUT2D eigenvalue weighted by Crippen LogP contribution is 2.17. The monoisotopic (exact) mass is 321 g/mol. The first-order chi connectivity index (χ1) is 9.08. The molecule has 19 heavy (non-hydrogen) atoms. The molecule has 0 spiro atoms. The number of nitrogens with zero attached hydrogens (tertiary/aromatic N) is 2. The van der Waals surface area contributed by atoms with Crippen LogP contribution in [-0.2, 0) is 6.54 Å². The minimum atomic E-state index is 0.323. The SMILES string of the molecule is CC(C)n1cncc1CN[C@H](C)c1ccc(Br)cc1. The van der Waals surface area contributed by atoms with Crippen molar-refractivity contribution in [3.63, 3.8) is 0 Å². The van der Waals surface area contributed by atoms with Crippen LogP contribution in [0.25, 0.3) is 0 Å². The van der Waals surface area contributed by atoms with E-state index in [1.807, 2.05) is 12.5 Å². The summed E-state index contributed by atoms with van der Waals surface area (Å²) in [6.45, 7) is 7.35. The van der Waals surface area contributed by atoms with Gasteiger partial charge in [0.25, 0.3) is 0 Å². The van der Waals surface area contributed by atoms with Crippen LogP contribution in [0.2, 0.25) is 0 Å². The molecule has 0 fully saturated rings. The van der Waals surface area contributed by atoms with Gasteiger partial charge in [-0.1, -0.05) is 28.1 Å². The highest BCUT2D eigenvalue weighted by Gasteiger charge is 2.08. The molecule has 2 aromatic rings. The third-order valence-corrected chi connectivity index (χ3v) is 3.79. The maximum atomic E-state index is 4.22. The van der Waals surface area contributed by atoms with Crippen molar-refractivity contribution < 1.29 is 0 Å². The molecule has 1 N–H and O–H groups in total. The normalized spacial score (nSPS) is 12.9. The Morgan fingerprint density at radius 1 is 1.21 bits per heavy atom. The summed E-state index contributed by atoms with van der Waals surface area (Å²) >= 11 is 3.46. The molecule has 1 heterocycles. The number of hydrogen-bond donors (Lipinski definition) is 1. The molecule has 0 amide bonds. The van der Waals surface area contributed by atoms with Gasteiger partial charge in [-0.3, -0.25) is 0 Å². The Labute approximate surface area is 123 Å². The molecule has 0 aliphatic heterocycles. The third kappa shape index (κ3) is 3.67. The summed E-state index contributed by atoms with van der Waals surface area (Å²) in [5, 5.41) is 3.54. The van der Waals surface area contributed by atoms with Crippen LogP contribution < -0.4 is 5.32 Å². The fraction of sp³-hybridized carbons (Fsp3) is 0.400. The largest absolute Gasteiger partial charge is 0.331 e. The maximum Gasteiger partial charge on any atom is 0.0951 e. The molecule has 1 aromatic heterocycles. The van der Waals surface area contributed by atoms with E-state index in [1.165, 1.54) is 11.3 Å². The summed E-state index contributed by atoms with van der Waals surface area (Å²) in [5.74, 6) is 0. The van der Waals surface area contributed by atoms with E-state index in [-0.39, 0.29) is 0 Å². The lowest BCUT2D eigenvalue weighted by Crippen LogP contribution is -2.20. The van der Waals surface area contributed by atoms with Crippen LogP contribution >= 0.6 is 15.9 Å². The molecule has 0 bridgehead atoms.